The van der Waals surface area contributed by atoms with Crippen molar-refractivity contribution >= 4 is 11.6 Å². The van der Waals surface area contributed by atoms with Gasteiger partial charge < -0.3 is 9.84 Å². The van der Waals surface area contributed by atoms with Crippen LogP contribution in [0.3, 0.4) is 0 Å². The molecule has 0 radical (unpaired) electrons. The van der Waals surface area contributed by atoms with Gasteiger partial charge in [-0.2, -0.15) is 0 Å². The molecule has 0 saturated carbocycles. The largest absolute Gasteiger partial charge is 0.490 e. The van der Waals surface area contributed by atoms with E-state index in [0.29, 0.717) is 11.4 Å². The first kappa shape index (κ1) is 12.5. The molecule has 0 aliphatic carbocycles. The Morgan fingerprint density at radius 1 is 1.16 bits per heavy atom. The minimum Gasteiger partial charge on any atom is -0.490 e. The summed E-state index contributed by atoms with van der Waals surface area (Å²) in [5.74, 6) is 0.740. The van der Waals surface area contributed by atoms with Crippen molar-refractivity contribution < 1.29 is 9.84 Å². The van der Waals surface area contributed by atoms with Crippen LogP contribution in [0.2, 0.25) is 5.02 Å². The predicted molar refractivity (Wildman–Crippen MR) is 75.6 cm³/mol. The number of rotatable bonds is 2. The number of hydrogen-bond donors (Lipinski definition) is 1. The molecule has 2 aromatic carbocycles. The first-order valence-electron chi connectivity index (χ1n) is 6.40. The van der Waals surface area contributed by atoms with Gasteiger partial charge in [0.1, 0.15) is 11.9 Å². The average Bonchev–Trinajstić information content (AvgIpc) is 2.41. The molecule has 3 rings (SSSR count). The summed E-state index contributed by atoms with van der Waals surface area (Å²) in [6, 6.07) is 15.6. The van der Waals surface area contributed by atoms with Crippen LogP contribution in [0, 0.1) is 0 Å². The quantitative estimate of drug-likeness (QED) is 0.903. The zero-order valence-corrected chi connectivity index (χ0v) is 11.2. The van der Waals surface area contributed by atoms with Crippen molar-refractivity contribution in [3.8, 4) is 5.75 Å². The summed E-state index contributed by atoms with van der Waals surface area (Å²) in [6.45, 7) is 0. The maximum Gasteiger partial charge on any atom is 0.125 e. The molecule has 0 aromatic heterocycles. The molecular formula is C16H15ClO2. The molecule has 98 valence electrons. The summed E-state index contributed by atoms with van der Waals surface area (Å²) in [7, 11) is 0. The number of hydrogen-bond acceptors (Lipinski definition) is 2. The van der Waals surface area contributed by atoms with Gasteiger partial charge in [0.25, 0.3) is 0 Å². The molecule has 2 nitrogen and oxygen atoms in total. The summed E-state index contributed by atoms with van der Waals surface area (Å²) < 4.78 is 5.94. The molecule has 0 bridgehead atoms. The molecule has 0 amide bonds. The Kier molecular flexibility index (Phi) is 3.45. The van der Waals surface area contributed by atoms with Crippen molar-refractivity contribution in [3.63, 3.8) is 0 Å². The third kappa shape index (κ3) is 2.75. The summed E-state index contributed by atoms with van der Waals surface area (Å²) in [5.41, 5.74) is 2.01. The number of fused-ring (bicyclic) bond motifs is 1. The van der Waals surface area contributed by atoms with Gasteiger partial charge in [-0.1, -0.05) is 41.9 Å². The predicted octanol–water partition coefficient (Wildman–Crippen LogP) is 3.77. The van der Waals surface area contributed by atoms with Crippen LogP contribution in [0.4, 0.5) is 0 Å². The molecule has 2 aromatic rings. The van der Waals surface area contributed by atoms with E-state index in [9.17, 15) is 5.11 Å². The topological polar surface area (TPSA) is 29.5 Å². The number of ether oxygens (including phenoxy) is 1. The average molecular weight is 275 g/mol. The van der Waals surface area contributed by atoms with E-state index in [4.69, 9.17) is 16.3 Å². The van der Waals surface area contributed by atoms with Crippen molar-refractivity contribution in [2.45, 2.75) is 25.0 Å². The van der Waals surface area contributed by atoms with Gasteiger partial charge in [-0.3, -0.25) is 0 Å². The standard InChI is InChI=1S/C16H15ClO2/c17-12-6-7-16-14(9-12)15(18)10-13(19-16)8-11-4-2-1-3-5-11/h1-7,9,13,15,18H,8,10H2/t13?,15-/m1/s1. The molecule has 2 atom stereocenters. The molecule has 1 unspecified atom stereocenters. The van der Waals surface area contributed by atoms with E-state index in [2.05, 4.69) is 12.1 Å². The summed E-state index contributed by atoms with van der Waals surface area (Å²) in [6.07, 6.45) is 0.907. The van der Waals surface area contributed by atoms with Gasteiger partial charge in [-0.25, -0.2) is 0 Å². The Morgan fingerprint density at radius 3 is 2.74 bits per heavy atom. The number of aliphatic hydroxyl groups is 1. The van der Waals surface area contributed by atoms with Crippen LogP contribution in [0.15, 0.2) is 48.5 Å². The van der Waals surface area contributed by atoms with E-state index in [1.807, 2.05) is 24.3 Å². The van der Waals surface area contributed by atoms with Crippen LogP contribution in [0.1, 0.15) is 23.7 Å². The Morgan fingerprint density at radius 2 is 1.95 bits per heavy atom. The van der Waals surface area contributed by atoms with Crippen LogP contribution in [-0.4, -0.2) is 11.2 Å². The maximum atomic E-state index is 10.2. The number of aliphatic hydroxyl groups excluding tert-OH is 1. The lowest BCUT2D eigenvalue weighted by molar-refractivity contribution is 0.0663. The van der Waals surface area contributed by atoms with Crippen molar-refractivity contribution in [3.05, 3.63) is 64.7 Å². The molecule has 3 heteroatoms. The van der Waals surface area contributed by atoms with Crippen molar-refractivity contribution in [1.29, 1.82) is 0 Å². The molecule has 0 spiro atoms. The van der Waals surface area contributed by atoms with Gasteiger partial charge >= 0.3 is 0 Å². The van der Waals surface area contributed by atoms with Crippen molar-refractivity contribution in [1.82, 2.24) is 0 Å². The lowest BCUT2D eigenvalue weighted by Gasteiger charge is -2.29. The third-order valence-corrected chi connectivity index (χ3v) is 3.65. The first-order valence-corrected chi connectivity index (χ1v) is 6.78. The summed E-state index contributed by atoms with van der Waals surface area (Å²) in [4.78, 5) is 0. The Labute approximate surface area is 117 Å². The minimum absolute atomic E-state index is 0.00563. The molecule has 1 heterocycles. The smallest absolute Gasteiger partial charge is 0.125 e. The fourth-order valence-electron chi connectivity index (χ4n) is 2.49. The third-order valence-electron chi connectivity index (χ3n) is 3.42. The van der Waals surface area contributed by atoms with Gasteiger partial charge in [-0.05, 0) is 23.8 Å². The minimum atomic E-state index is -0.504. The van der Waals surface area contributed by atoms with Crippen LogP contribution >= 0.6 is 11.6 Å². The zero-order chi connectivity index (χ0) is 13.2. The number of benzene rings is 2. The fraction of sp³-hybridized carbons (Fsp3) is 0.250. The monoisotopic (exact) mass is 274 g/mol. The van der Waals surface area contributed by atoms with E-state index in [-0.39, 0.29) is 6.10 Å². The van der Waals surface area contributed by atoms with Gasteiger partial charge in [-0.15, -0.1) is 0 Å². The summed E-state index contributed by atoms with van der Waals surface area (Å²) in [5, 5.41) is 10.8. The van der Waals surface area contributed by atoms with E-state index in [0.717, 1.165) is 17.7 Å². The first-order chi connectivity index (χ1) is 9.22. The molecule has 0 saturated heterocycles. The van der Waals surface area contributed by atoms with Crippen molar-refractivity contribution in [2.24, 2.45) is 0 Å². The maximum absolute atomic E-state index is 10.2. The SMILES string of the molecule is O[C@@H]1CC(Cc2ccccc2)Oc2ccc(Cl)cc21. The Balaban J connectivity index is 1.80. The van der Waals surface area contributed by atoms with Crippen LogP contribution in [0.5, 0.6) is 5.75 Å². The second kappa shape index (κ2) is 5.24. The highest BCUT2D eigenvalue weighted by molar-refractivity contribution is 6.30. The van der Waals surface area contributed by atoms with Gasteiger partial charge in [0.05, 0.1) is 6.10 Å². The lowest BCUT2D eigenvalue weighted by atomic mass is 9.95. The van der Waals surface area contributed by atoms with Gasteiger partial charge in [0.15, 0.2) is 0 Å². The zero-order valence-electron chi connectivity index (χ0n) is 10.4. The second-order valence-corrected chi connectivity index (χ2v) is 5.30. The van der Waals surface area contributed by atoms with E-state index < -0.39 is 6.10 Å². The van der Waals surface area contributed by atoms with Crippen molar-refractivity contribution in [2.75, 3.05) is 0 Å². The molecule has 19 heavy (non-hydrogen) atoms. The Hall–Kier alpha value is -1.51. The lowest BCUT2D eigenvalue weighted by Crippen LogP contribution is -2.27. The normalized spacial score (nSPS) is 21.6. The van der Waals surface area contributed by atoms with Crippen LogP contribution < -0.4 is 4.74 Å². The van der Waals surface area contributed by atoms with Crippen LogP contribution in [-0.2, 0) is 6.42 Å². The second-order valence-electron chi connectivity index (χ2n) is 4.86. The number of halogens is 1. The van der Waals surface area contributed by atoms with E-state index in [1.165, 1.54) is 5.56 Å². The Bertz CT molecular complexity index is 568. The van der Waals surface area contributed by atoms with E-state index >= 15 is 0 Å². The molecule has 1 aliphatic rings. The van der Waals surface area contributed by atoms with Gasteiger partial charge in [0, 0.05) is 23.4 Å². The van der Waals surface area contributed by atoms with Crippen LogP contribution in [0.25, 0.3) is 0 Å². The highest BCUT2D eigenvalue weighted by atomic mass is 35.5. The molecular weight excluding hydrogens is 260 g/mol. The molecule has 1 N–H and O–H groups in total. The molecule has 1 aliphatic heterocycles. The highest BCUT2D eigenvalue weighted by Gasteiger charge is 2.27. The highest BCUT2D eigenvalue weighted by Crippen LogP contribution is 2.37. The summed E-state index contributed by atoms with van der Waals surface area (Å²) >= 11 is 5.94. The molecule has 0 fully saturated rings. The fourth-order valence-corrected chi connectivity index (χ4v) is 2.67. The van der Waals surface area contributed by atoms with E-state index in [1.54, 1.807) is 12.1 Å². The van der Waals surface area contributed by atoms with Gasteiger partial charge in [0.2, 0.25) is 0 Å².